The fourth-order valence-electron chi connectivity index (χ4n) is 2.28. The van der Waals surface area contributed by atoms with Gasteiger partial charge in [0.2, 0.25) is 17.3 Å². The number of hydrogen-bond donors (Lipinski definition) is 0. The van der Waals surface area contributed by atoms with Crippen molar-refractivity contribution in [1.29, 1.82) is 0 Å². The predicted octanol–water partition coefficient (Wildman–Crippen LogP) is 8.04. The van der Waals surface area contributed by atoms with Gasteiger partial charge in [0.05, 0.1) is 0 Å². The zero-order chi connectivity index (χ0) is 47.6. The zero-order valence-corrected chi connectivity index (χ0v) is 32.9. The van der Waals surface area contributed by atoms with Crippen molar-refractivity contribution in [2.45, 2.75) is 116 Å². The molecular weight excluding hydrogens is 1010 g/mol. The molecule has 0 saturated heterocycles. The van der Waals surface area contributed by atoms with E-state index in [1.165, 1.54) is 62.3 Å². The Hall–Kier alpha value is -2.26. The van der Waals surface area contributed by atoms with Crippen molar-refractivity contribution in [3.63, 3.8) is 0 Å². The van der Waals surface area contributed by atoms with E-state index in [4.69, 9.17) is 0 Å². The molecule has 0 aromatic rings. The number of halogens is 21. The molecule has 0 aromatic carbocycles. The first-order valence-corrected chi connectivity index (χ1v) is 14.4. The maximum Gasteiger partial charge on any atom is 3.00 e. The number of carbonyl (C=O) groups is 3. The van der Waals surface area contributed by atoms with Gasteiger partial charge in [-0.05, 0) is 34.5 Å². The van der Waals surface area contributed by atoms with E-state index in [1.807, 2.05) is 0 Å². The first-order chi connectivity index (χ1) is 24.1. The van der Waals surface area contributed by atoms with E-state index >= 15 is 0 Å². The second-order valence-corrected chi connectivity index (χ2v) is 14.3. The number of allylic oxidation sites excluding steroid dienone is 6. The van der Waals surface area contributed by atoms with E-state index in [1.54, 1.807) is 0 Å². The Balaban J connectivity index is -0.000000374. The van der Waals surface area contributed by atoms with Crippen LogP contribution in [0.1, 0.15) is 62.3 Å². The van der Waals surface area contributed by atoms with Gasteiger partial charge in [0.1, 0.15) is 0 Å². The summed E-state index contributed by atoms with van der Waals surface area (Å²) in [5.74, 6) is -50.2. The van der Waals surface area contributed by atoms with Crippen LogP contribution in [-0.4, -0.2) is 71.4 Å². The Bertz CT molecular complexity index is 1350. The third-order valence-electron chi connectivity index (χ3n) is 6.18. The minimum atomic E-state index is -6.61. The van der Waals surface area contributed by atoms with Crippen molar-refractivity contribution in [1.82, 2.24) is 0 Å². The summed E-state index contributed by atoms with van der Waals surface area (Å²) in [6.07, 6.45) is -21.1. The van der Waals surface area contributed by atoms with E-state index < -0.39 is 123 Å². The molecule has 340 valence electrons. The Kier molecular flexibility index (Phi) is 20.7. The number of carbonyl (C=O) groups excluding carboxylic acids is 3. The summed E-state index contributed by atoms with van der Waals surface area (Å²) in [6.45, 7) is 10.6. The van der Waals surface area contributed by atoms with E-state index in [9.17, 15) is 122 Å². The molecule has 0 fully saturated rings. The molecule has 0 radical (unpaired) electrons. The molecule has 58 heavy (non-hydrogen) atoms. The summed E-state index contributed by atoms with van der Waals surface area (Å²) in [6, 6.07) is 0. The second kappa shape index (κ2) is 19.2. The summed E-state index contributed by atoms with van der Waals surface area (Å²) in [5, 5.41) is 33.5. The van der Waals surface area contributed by atoms with Gasteiger partial charge >= 0.3 is 103 Å². The maximum absolute atomic E-state index is 12.8. The van der Waals surface area contributed by atoms with Crippen LogP contribution >= 0.6 is 0 Å². The van der Waals surface area contributed by atoms with Crippen molar-refractivity contribution in [3.05, 3.63) is 35.5 Å². The third kappa shape index (κ3) is 15.0. The molecule has 0 aliphatic heterocycles. The fourth-order valence-corrected chi connectivity index (χ4v) is 2.28. The van der Waals surface area contributed by atoms with Gasteiger partial charge in [-0.1, -0.05) is 62.3 Å². The molecule has 28 heteroatoms. The number of rotatable bonds is 9. The third-order valence-corrected chi connectivity index (χ3v) is 6.18. The van der Waals surface area contributed by atoms with Crippen molar-refractivity contribution < 1.29 is 171 Å². The van der Waals surface area contributed by atoms with E-state index in [0.29, 0.717) is 0 Å². The average Bonchev–Trinajstić information content (AvgIpc) is 2.93. The molecule has 0 aliphatic carbocycles. The van der Waals surface area contributed by atoms with E-state index in [2.05, 4.69) is 0 Å². The minimum absolute atomic E-state index is 0. The normalized spacial score (nSPS) is 15.3. The summed E-state index contributed by atoms with van der Waals surface area (Å²) in [4.78, 5) is 32.4. The van der Waals surface area contributed by atoms with E-state index in [-0.39, 0.29) is 49.4 Å². The molecular formula is C30H30EuF21O6. The molecule has 0 spiro atoms. The largest absolute Gasteiger partial charge is 3.00 e. The van der Waals surface area contributed by atoms with Crippen LogP contribution in [0.4, 0.5) is 92.2 Å². The molecule has 0 unspecified atom stereocenters. The smallest absolute Gasteiger partial charge is 0.875 e. The van der Waals surface area contributed by atoms with Gasteiger partial charge in [0.25, 0.3) is 0 Å². The summed E-state index contributed by atoms with van der Waals surface area (Å²) in [5.41, 5.74) is -4.09. The van der Waals surface area contributed by atoms with Crippen LogP contribution in [0.5, 0.6) is 0 Å². The zero-order valence-electron chi connectivity index (χ0n) is 30.5. The Morgan fingerprint density at radius 1 is 0.328 bits per heavy atom. The molecule has 0 saturated carbocycles. The average molecular weight is 1040 g/mol. The molecule has 0 heterocycles. The van der Waals surface area contributed by atoms with Gasteiger partial charge in [-0.3, -0.25) is 14.4 Å². The van der Waals surface area contributed by atoms with Crippen LogP contribution < -0.4 is 15.3 Å². The first kappa shape index (κ1) is 62.4. The van der Waals surface area contributed by atoms with Crippen LogP contribution in [0.25, 0.3) is 0 Å². The Morgan fingerprint density at radius 3 is 0.534 bits per heavy atom. The molecule has 0 N–H and O–H groups in total. The molecule has 6 nitrogen and oxygen atoms in total. The van der Waals surface area contributed by atoms with E-state index in [0.717, 1.165) is 0 Å². The standard InChI is InChI=1S/3C10H11F7O2.Eu/c3*1-7(2,3)5(18)4-6(19)8(11,12)9(13,14)10(15,16)17;/h3*4,18H,1-3H3;/q;;;+3/p-3/b2*5-4+;5-4-;. The van der Waals surface area contributed by atoms with Gasteiger partial charge in [0.15, 0.2) is 0 Å². The van der Waals surface area contributed by atoms with Gasteiger partial charge < -0.3 is 15.3 Å². The molecule has 0 aromatic heterocycles. The van der Waals surface area contributed by atoms with Crippen molar-refractivity contribution in [2.75, 3.05) is 0 Å². The molecule has 0 bridgehead atoms. The maximum atomic E-state index is 12.8. The minimum Gasteiger partial charge on any atom is -0.875 e. The van der Waals surface area contributed by atoms with Crippen molar-refractivity contribution >= 4 is 17.3 Å². The number of alkyl halides is 21. The predicted molar refractivity (Wildman–Crippen MR) is 145 cm³/mol. The quantitative estimate of drug-likeness (QED) is 0.131. The van der Waals surface area contributed by atoms with Crippen LogP contribution in [0.2, 0.25) is 0 Å². The van der Waals surface area contributed by atoms with Crippen LogP contribution in [0, 0.1) is 65.6 Å². The van der Waals surface area contributed by atoms with Crippen molar-refractivity contribution in [3.8, 4) is 0 Å². The van der Waals surface area contributed by atoms with Gasteiger partial charge in [0, 0.05) is 0 Å². The SMILES string of the molecule is CC(C)(C)/C([O-])=C/C(=O)C(F)(F)C(F)(F)C(F)(F)F.CC(C)(C)/C([O-])=C\C(=O)C(F)(F)C(F)(F)C(F)(F)F.CC(C)(C)/C([O-])=C\C(=O)C(F)(F)C(F)(F)C(F)(F)F.[Eu+3]. The van der Waals surface area contributed by atoms with Crippen LogP contribution in [-0.2, 0) is 14.4 Å². The summed E-state index contributed by atoms with van der Waals surface area (Å²) in [7, 11) is 0. The topological polar surface area (TPSA) is 120 Å². The van der Waals surface area contributed by atoms with Crippen LogP contribution in [0.15, 0.2) is 35.5 Å². The number of hydrogen-bond acceptors (Lipinski definition) is 6. The fraction of sp³-hybridized carbons (Fsp3) is 0.700. The number of ketones is 3. The summed E-state index contributed by atoms with van der Waals surface area (Å²) >= 11 is 0. The monoisotopic (exact) mass is 1040 g/mol. The second-order valence-electron chi connectivity index (χ2n) is 14.3. The van der Waals surface area contributed by atoms with Gasteiger partial charge in [-0.25, -0.2) is 0 Å². The molecule has 0 atom stereocenters. The Morgan fingerprint density at radius 2 is 0.448 bits per heavy atom. The van der Waals surface area contributed by atoms with Gasteiger partial charge in [-0.15, -0.1) is 17.3 Å². The first-order valence-electron chi connectivity index (χ1n) is 14.4. The summed E-state index contributed by atoms with van der Waals surface area (Å²) < 4.78 is 258. The van der Waals surface area contributed by atoms with Crippen molar-refractivity contribution in [2.24, 2.45) is 16.2 Å². The molecule has 0 amide bonds. The van der Waals surface area contributed by atoms with Gasteiger partial charge in [-0.2, -0.15) is 92.2 Å². The molecule has 0 aliphatic rings. The molecule has 0 rings (SSSR count). The Labute approximate surface area is 355 Å². The van der Waals surface area contributed by atoms with Crippen LogP contribution in [0.3, 0.4) is 0 Å².